The number of anilines is 1. The van der Waals surface area contributed by atoms with Gasteiger partial charge in [-0.2, -0.15) is 0 Å². The lowest BCUT2D eigenvalue weighted by molar-refractivity contribution is 0.0840. The van der Waals surface area contributed by atoms with Crippen LogP contribution in [0.15, 0.2) is 54.7 Å². The fraction of sp³-hybridized carbons (Fsp3) is 0.375. The molecule has 5 nitrogen and oxygen atoms in total. The highest BCUT2D eigenvalue weighted by Crippen LogP contribution is 2.42. The second kappa shape index (κ2) is 12.2. The van der Waals surface area contributed by atoms with E-state index in [0.29, 0.717) is 27.4 Å². The molecule has 0 amide bonds. The number of pyridine rings is 1. The first-order chi connectivity index (χ1) is 19.3. The van der Waals surface area contributed by atoms with Crippen LogP contribution in [-0.4, -0.2) is 45.1 Å². The molecule has 0 spiro atoms. The lowest BCUT2D eigenvalue weighted by Gasteiger charge is -2.33. The van der Waals surface area contributed by atoms with Gasteiger partial charge in [0.25, 0.3) is 0 Å². The molecule has 1 N–H and O–H groups in total. The van der Waals surface area contributed by atoms with Crippen LogP contribution in [-0.2, 0) is 6.42 Å². The van der Waals surface area contributed by atoms with Gasteiger partial charge in [0.15, 0.2) is 5.78 Å². The highest BCUT2D eigenvalue weighted by atomic mass is 35.5. The number of methoxy groups -OCH3 is 1. The van der Waals surface area contributed by atoms with E-state index in [4.69, 9.17) is 16.3 Å². The number of benzene rings is 2. The Morgan fingerprint density at radius 1 is 1.15 bits per heavy atom. The van der Waals surface area contributed by atoms with Crippen molar-refractivity contribution in [2.75, 3.05) is 33.2 Å². The zero-order valence-electron chi connectivity index (χ0n) is 23.3. The van der Waals surface area contributed by atoms with E-state index in [2.05, 4.69) is 22.4 Å². The van der Waals surface area contributed by atoms with Gasteiger partial charge in [-0.15, -0.1) is 11.3 Å². The fourth-order valence-corrected chi connectivity index (χ4v) is 7.45. The van der Waals surface area contributed by atoms with Gasteiger partial charge < -0.3 is 15.0 Å². The second-order valence-electron chi connectivity index (χ2n) is 10.8. The molecule has 1 unspecified atom stereocenters. The number of nitrogens with one attached hydrogen (secondary N) is 1. The molecule has 2 heterocycles. The third-order valence-corrected chi connectivity index (χ3v) is 9.83. The molecule has 2 aromatic heterocycles. The highest BCUT2D eigenvalue weighted by molar-refractivity contribution is 7.21. The molecule has 4 aromatic rings. The van der Waals surface area contributed by atoms with Crippen molar-refractivity contribution in [1.82, 2.24) is 10.3 Å². The number of Topliss-reactive ketones (excluding diaryl/α,β-unsaturated/α-hetero) is 1. The third-order valence-electron chi connectivity index (χ3n) is 8.17. The van der Waals surface area contributed by atoms with Gasteiger partial charge in [-0.25, -0.2) is 9.37 Å². The molecule has 1 atom stereocenters. The first-order valence-corrected chi connectivity index (χ1v) is 14.9. The van der Waals surface area contributed by atoms with Crippen molar-refractivity contribution < 1.29 is 13.9 Å². The Balaban J connectivity index is 1.54. The van der Waals surface area contributed by atoms with Crippen LogP contribution in [0.4, 0.5) is 10.2 Å². The quantitative estimate of drug-likeness (QED) is 0.206. The summed E-state index contributed by atoms with van der Waals surface area (Å²) in [5.41, 5.74) is 3.05. The maximum Gasteiger partial charge on any atom is 0.178 e. The van der Waals surface area contributed by atoms with E-state index in [0.717, 1.165) is 53.9 Å². The molecule has 1 aliphatic carbocycles. The van der Waals surface area contributed by atoms with E-state index >= 15 is 0 Å². The van der Waals surface area contributed by atoms with Crippen LogP contribution < -0.4 is 15.0 Å². The standard InChI is InChI=1S/C32H35ClFN3O2S/c1-35-23-11-8-19(9-12-23)24(31(38)32-30(33)29-25(34)6-5-7-27(29)40-32)17-22-16-20(10-13-26(22)39-4)21-14-15-36-28(18-21)37(2)3/h5-7,10,13-16,18-19,23-24,35H,8-9,11-12,17H2,1-4H3. The van der Waals surface area contributed by atoms with Crippen LogP contribution in [0.2, 0.25) is 5.02 Å². The summed E-state index contributed by atoms with van der Waals surface area (Å²) in [6.45, 7) is 0. The topological polar surface area (TPSA) is 54.5 Å². The lowest BCUT2D eigenvalue weighted by atomic mass is 9.73. The number of ether oxygens (including phenoxy) is 1. The lowest BCUT2D eigenvalue weighted by Crippen LogP contribution is -2.35. The summed E-state index contributed by atoms with van der Waals surface area (Å²) in [7, 11) is 7.59. The molecule has 210 valence electrons. The molecule has 8 heteroatoms. The second-order valence-corrected chi connectivity index (χ2v) is 12.2. The molecule has 2 aromatic carbocycles. The van der Waals surface area contributed by atoms with Gasteiger partial charge in [-0.05, 0) is 98.2 Å². The average Bonchev–Trinajstić information content (AvgIpc) is 3.32. The van der Waals surface area contributed by atoms with Crippen molar-refractivity contribution in [3.8, 4) is 16.9 Å². The molecule has 5 rings (SSSR count). The molecule has 0 aliphatic heterocycles. The van der Waals surface area contributed by atoms with Gasteiger partial charge in [-0.1, -0.05) is 23.7 Å². The van der Waals surface area contributed by atoms with Crippen LogP contribution in [0.25, 0.3) is 21.2 Å². The fourth-order valence-electron chi connectivity index (χ4n) is 5.88. The van der Waals surface area contributed by atoms with Crippen molar-refractivity contribution in [2.24, 2.45) is 11.8 Å². The summed E-state index contributed by atoms with van der Waals surface area (Å²) in [6.07, 6.45) is 6.24. The van der Waals surface area contributed by atoms with E-state index in [1.165, 1.54) is 17.4 Å². The Morgan fingerprint density at radius 2 is 1.90 bits per heavy atom. The normalized spacial score (nSPS) is 18.1. The Labute approximate surface area is 244 Å². The first kappa shape index (κ1) is 28.5. The summed E-state index contributed by atoms with van der Waals surface area (Å²) < 4.78 is 21.1. The molecule has 1 fully saturated rings. The van der Waals surface area contributed by atoms with Crippen LogP contribution in [0.1, 0.15) is 40.9 Å². The highest BCUT2D eigenvalue weighted by Gasteiger charge is 2.35. The molecule has 0 saturated heterocycles. The van der Waals surface area contributed by atoms with E-state index in [-0.39, 0.29) is 22.6 Å². The zero-order chi connectivity index (χ0) is 28.4. The molecule has 0 radical (unpaired) electrons. The van der Waals surface area contributed by atoms with E-state index in [1.54, 1.807) is 13.2 Å². The number of carbonyl (C=O) groups is 1. The predicted octanol–water partition coefficient (Wildman–Crippen LogP) is 7.65. The minimum Gasteiger partial charge on any atom is -0.496 e. The molecular weight excluding hydrogens is 545 g/mol. The molecule has 0 bridgehead atoms. The number of thiophene rings is 1. The Hall–Kier alpha value is -3.00. The van der Waals surface area contributed by atoms with Gasteiger partial charge >= 0.3 is 0 Å². The maximum atomic E-state index is 14.7. The van der Waals surface area contributed by atoms with Crippen molar-refractivity contribution in [2.45, 2.75) is 38.1 Å². The molecule has 40 heavy (non-hydrogen) atoms. The van der Waals surface area contributed by atoms with E-state index < -0.39 is 5.82 Å². The summed E-state index contributed by atoms with van der Waals surface area (Å²) in [5.74, 6) is 1.11. The largest absolute Gasteiger partial charge is 0.496 e. The number of hydrogen-bond acceptors (Lipinski definition) is 6. The number of carbonyl (C=O) groups excluding carboxylic acids is 1. The summed E-state index contributed by atoms with van der Waals surface area (Å²) in [5, 5.41) is 3.95. The van der Waals surface area contributed by atoms with Crippen molar-refractivity contribution in [3.63, 3.8) is 0 Å². The Kier molecular flexibility index (Phi) is 8.74. The predicted molar refractivity (Wildman–Crippen MR) is 164 cm³/mol. The Morgan fingerprint density at radius 3 is 2.58 bits per heavy atom. The van der Waals surface area contributed by atoms with Gasteiger partial charge in [-0.3, -0.25) is 4.79 Å². The van der Waals surface area contributed by atoms with Crippen LogP contribution in [0.5, 0.6) is 5.75 Å². The van der Waals surface area contributed by atoms with Crippen LogP contribution in [0, 0.1) is 17.7 Å². The van der Waals surface area contributed by atoms with Gasteiger partial charge in [0.05, 0.1) is 17.0 Å². The van der Waals surface area contributed by atoms with Gasteiger partial charge in [0, 0.05) is 42.3 Å². The third kappa shape index (κ3) is 5.73. The number of fused-ring (bicyclic) bond motifs is 1. The number of rotatable bonds is 9. The van der Waals surface area contributed by atoms with Gasteiger partial charge in [0.1, 0.15) is 17.4 Å². The van der Waals surface area contributed by atoms with Gasteiger partial charge in [0.2, 0.25) is 0 Å². The molecule has 1 aliphatic rings. The van der Waals surface area contributed by atoms with E-state index in [9.17, 15) is 9.18 Å². The van der Waals surface area contributed by atoms with Crippen LogP contribution in [0.3, 0.4) is 0 Å². The van der Waals surface area contributed by atoms with E-state index in [1.807, 2.05) is 56.5 Å². The summed E-state index contributed by atoms with van der Waals surface area (Å²) in [4.78, 5) is 21.2. The van der Waals surface area contributed by atoms with Crippen molar-refractivity contribution in [3.05, 3.63) is 76.0 Å². The SMILES string of the molecule is CNC1CCC(C(Cc2cc(-c3ccnc(N(C)C)c3)ccc2OC)C(=O)c2sc3cccc(F)c3c2Cl)CC1. The zero-order valence-corrected chi connectivity index (χ0v) is 24.9. The molecule has 1 saturated carbocycles. The average molecular weight is 580 g/mol. The summed E-state index contributed by atoms with van der Waals surface area (Å²) in [6, 6.07) is 15.5. The number of halogens is 2. The van der Waals surface area contributed by atoms with Crippen molar-refractivity contribution in [1.29, 1.82) is 0 Å². The number of nitrogens with zero attached hydrogens (tertiary/aromatic N) is 2. The smallest absolute Gasteiger partial charge is 0.178 e. The summed E-state index contributed by atoms with van der Waals surface area (Å²) >= 11 is 7.99. The van der Waals surface area contributed by atoms with Crippen molar-refractivity contribution >= 4 is 44.6 Å². The van der Waals surface area contributed by atoms with Crippen LogP contribution >= 0.6 is 22.9 Å². The number of aromatic nitrogens is 1. The molecular formula is C32H35ClFN3O2S. The number of hydrogen-bond donors (Lipinski definition) is 1. The minimum absolute atomic E-state index is 0.00947. The maximum absolute atomic E-state index is 14.7. The Bertz CT molecular complexity index is 1510. The monoisotopic (exact) mass is 579 g/mol. The first-order valence-electron chi connectivity index (χ1n) is 13.7. The minimum atomic E-state index is -0.396. The number of ketones is 1.